The maximum absolute atomic E-state index is 12.8. The smallest absolute Gasteiger partial charge is 0.240 e. The van der Waals surface area contributed by atoms with E-state index in [1.807, 2.05) is 13.0 Å². The molecular formula is C21H22N2O4. The highest BCUT2D eigenvalue weighted by atomic mass is 16.5. The van der Waals surface area contributed by atoms with Gasteiger partial charge in [0.15, 0.2) is 5.78 Å². The molecule has 0 saturated heterocycles. The first-order valence-corrected chi connectivity index (χ1v) is 8.92. The highest BCUT2D eigenvalue weighted by molar-refractivity contribution is 6.17. The fraction of sp³-hybridized carbons (Fsp3) is 0.286. The molecule has 6 nitrogen and oxygen atoms in total. The maximum atomic E-state index is 12.8. The quantitative estimate of drug-likeness (QED) is 0.579. The molecule has 0 bridgehead atoms. The van der Waals surface area contributed by atoms with Crippen LogP contribution in [0.1, 0.15) is 37.0 Å². The van der Waals surface area contributed by atoms with Gasteiger partial charge < -0.3 is 15.4 Å². The number of para-hydroxylation sites is 2. The molecule has 140 valence electrons. The molecule has 3 rings (SSSR count). The van der Waals surface area contributed by atoms with Gasteiger partial charge in [0, 0.05) is 11.3 Å². The summed E-state index contributed by atoms with van der Waals surface area (Å²) in [5.74, 6) is -0.153. The van der Waals surface area contributed by atoms with Gasteiger partial charge in [-0.2, -0.15) is 0 Å². The maximum Gasteiger partial charge on any atom is 0.240 e. The zero-order chi connectivity index (χ0) is 19.4. The Kier molecular flexibility index (Phi) is 5.26. The van der Waals surface area contributed by atoms with Crippen LogP contribution in [-0.2, 0) is 9.59 Å². The van der Waals surface area contributed by atoms with E-state index in [0.29, 0.717) is 42.1 Å². The van der Waals surface area contributed by atoms with Gasteiger partial charge in [-0.25, -0.2) is 0 Å². The monoisotopic (exact) mass is 366 g/mol. The van der Waals surface area contributed by atoms with Crippen LogP contribution in [0.2, 0.25) is 0 Å². The highest BCUT2D eigenvalue weighted by Gasteiger charge is 2.56. The van der Waals surface area contributed by atoms with Crippen LogP contribution < -0.4 is 15.4 Å². The van der Waals surface area contributed by atoms with E-state index in [-0.39, 0.29) is 17.6 Å². The molecule has 1 fully saturated rings. The molecule has 27 heavy (non-hydrogen) atoms. The van der Waals surface area contributed by atoms with Crippen LogP contribution in [0.3, 0.4) is 0 Å². The number of carbonyl (C=O) groups is 3. The molecule has 2 aromatic carbocycles. The Morgan fingerprint density at radius 2 is 1.59 bits per heavy atom. The minimum absolute atomic E-state index is 0.0427. The van der Waals surface area contributed by atoms with Crippen LogP contribution >= 0.6 is 0 Å². The van der Waals surface area contributed by atoms with Crippen LogP contribution in [-0.4, -0.2) is 24.2 Å². The van der Waals surface area contributed by atoms with Crippen molar-refractivity contribution >= 4 is 29.0 Å². The largest absolute Gasteiger partial charge is 0.492 e. The van der Waals surface area contributed by atoms with Gasteiger partial charge in [-0.1, -0.05) is 12.1 Å². The molecule has 1 aliphatic carbocycles. The van der Waals surface area contributed by atoms with Crippen LogP contribution in [0.5, 0.6) is 5.75 Å². The summed E-state index contributed by atoms with van der Waals surface area (Å²) in [4.78, 5) is 36.8. The molecule has 1 aliphatic rings. The number of amides is 2. The van der Waals surface area contributed by atoms with Crippen molar-refractivity contribution in [3.8, 4) is 5.75 Å². The standard InChI is InChI=1S/C21H22N2O4/c1-3-27-18-7-5-4-6-17(18)23-20(26)21(12-13-21)19(25)22-16-10-8-15(9-11-16)14(2)24/h4-11H,3,12-13H2,1-2H3,(H,22,25)(H,23,26). The Morgan fingerprint density at radius 3 is 2.19 bits per heavy atom. The van der Waals surface area contributed by atoms with Crippen molar-refractivity contribution in [2.24, 2.45) is 5.41 Å². The van der Waals surface area contributed by atoms with Crippen molar-refractivity contribution in [3.63, 3.8) is 0 Å². The number of anilines is 2. The van der Waals surface area contributed by atoms with Crippen LogP contribution in [0.25, 0.3) is 0 Å². The van der Waals surface area contributed by atoms with E-state index in [2.05, 4.69) is 10.6 Å². The van der Waals surface area contributed by atoms with E-state index in [9.17, 15) is 14.4 Å². The molecule has 0 aliphatic heterocycles. The Morgan fingerprint density at radius 1 is 0.963 bits per heavy atom. The van der Waals surface area contributed by atoms with Gasteiger partial charge in [-0.3, -0.25) is 14.4 Å². The summed E-state index contributed by atoms with van der Waals surface area (Å²) in [6.45, 7) is 3.83. The van der Waals surface area contributed by atoms with Gasteiger partial charge in [0.05, 0.1) is 12.3 Å². The number of ether oxygens (including phenoxy) is 1. The number of nitrogens with one attached hydrogen (secondary N) is 2. The van der Waals surface area contributed by atoms with Crippen molar-refractivity contribution in [1.29, 1.82) is 0 Å². The van der Waals surface area contributed by atoms with Gasteiger partial charge in [0.2, 0.25) is 11.8 Å². The summed E-state index contributed by atoms with van der Waals surface area (Å²) in [6.07, 6.45) is 0.986. The third-order valence-electron chi connectivity index (χ3n) is 4.60. The van der Waals surface area contributed by atoms with Crippen LogP contribution in [0.4, 0.5) is 11.4 Å². The van der Waals surface area contributed by atoms with E-state index < -0.39 is 5.41 Å². The Labute approximate surface area is 157 Å². The van der Waals surface area contributed by atoms with E-state index in [1.165, 1.54) is 6.92 Å². The first-order chi connectivity index (χ1) is 13.0. The molecule has 0 atom stereocenters. The number of hydrogen-bond acceptors (Lipinski definition) is 4. The third-order valence-corrected chi connectivity index (χ3v) is 4.60. The topological polar surface area (TPSA) is 84.5 Å². The fourth-order valence-electron chi connectivity index (χ4n) is 2.81. The van der Waals surface area contributed by atoms with Crippen molar-refractivity contribution in [3.05, 3.63) is 54.1 Å². The number of rotatable bonds is 7. The number of ketones is 1. The lowest BCUT2D eigenvalue weighted by Crippen LogP contribution is -2.35. The van der Waals surface area contributed by atoms with Gasteiger partial charge >= 0.3 is 0 Å². The molecule has 0 unspecified atom stereocenters. The minimum Gasteiger partial charge on any atom is -0.492 e. The van der Waals surface area contributed by atoms with Crippen molar-refractivity contribution < 1.29 is 19.1 Å². The second-order valence-corrected chi connectivity index (χ2v) is 6.55. The lowest BCUT2D eigenvalue weighted by molar-refractivity contribution is -0.131. The van der Waals surface area contributed by atoms with Crippen LogP contribution in [0, 0.1) is 5.41 Å². The van der Waals surface area contributed by atoms with Crippen molar-refractivity contribution in [2.75, 3.05) is 17.2 Å². The molecule has 1 saturated carbocycles. The summed E-state index contributed by atoms with van der Waals surface area (Å²) >= 11 is 0. The van der Waals surface area contributed by atoms with Crippen molar-refractivity contribution in [1.82, 2.24) is 0 Å². The molecule has 0 spiro atoms. The molecular weight excluding hydrogens is 344 g/mol. The average molecular weight is 366 g/mol. The normalized spacial score (nSPS) is 14.1. The van der Waals surface area contributed by atoms with E-state index in [4.69, 9.17) is 4.74 Å². The molecule has 2 N–H and O–H groups in total. The van der Waals surface area contributed by atoms with Crippen LogP contribution in [0.15, 0.2) is 48.5 Å². The predicted octanol–water partition coefficient (Wildman–Crippen LogP) is 3.65. The second kappa shape index (κ2) is 7.61. The lowest BCUT2D eigenvalue weighted by atomic mass is 10.0. The first-order valence-electron chi connectivity index (χ1n) is 8.92. The summed E-state index contributed by atoms with van der Waals surface area (Å²) < 4.78 is 5.51. The summed E-state index contributed by atoms with van der Waals surface area (Å²) in [6, 6.07) is 13.8. The van der Waals surface area contributed by atoms with Gasteiger partial charge in [-0.15, -0.1) is 0 Å². The Balaban J connectivity index is 1.69. The molecule has 0 aromatic heterocycles. The zero-order valence-electron chi connectivity index (χ0n) is 15.4. The Hall–Kier alpha value is -3.15. The van der Waals surface area contributed by atoms with E-state index in [1.54, 1.807) is 42.5 Å². The van der Waals surface area contributed by atoms with Crippen molar-refractivity contribution in [2.45, 2.75) is 26.7 Å². The number of hydrogen-bond donors (Lipinski definition) is 2. The van der Waals surface area contributed by atoms with Gasteiger partial charge in [0.1, 0.15) is 11.2 Å². The summed E-state index contributed by atoms with van der Waals surface area (Å²) in [5, 5.41) is 5.59. The molecule has 0 heterocycles. The van der Waals surface area contributed by atoms with Gasteiger partial charge in [-0.05, 0) is 63.1 Å². The first kappa shape index (κ1) is 18.6. The highest BCUT2D eigenvalue weighted by Crippen LogP contribution is 2.48. The predicted molar refractivity (Wildman–Crippen MR) is 103 cm³/mol. The fourth-order valence-corrected chi connectivity index (χ4v) is 2.81. The molecule has 2 amide bonds. The van der Waals surface area contributed by atoms with E-state index in [0.717, 1.165) is 0 Å². The molecule has 0 radical (unpaired) electrons. The summed E-state index contributed by atoms with van der Waals surface area (Å²) in [5.41, 5.74) is 0.603. The third kappa shape index (κ3) is 4.00. The molecule has 6 heteroatoms. The molecule has 2 aromatic rings. The van der Waals surface area contributed by atoms with Gasteiger partial charge in [0.25, 0.3) is 0 Å². The number of carbonyl (C=O) groups excluding carboxylic acids is 3. The number of Topliss-reactive ketones (excluding diaryl/α,β-unsaturated/α-hetero) is 1. The number of benzene rings is 2. The Bertz CT molecular complexity index is 870. The minimum atomic E-state index is -1.07. The lowest BCUT2D eigenvalue weighted by Gasteiger charge is -2.17. The van der Waals surface area contributed by atoms with E-state index >= 15 is 0 Å². The zero-order valence-corrected chi connectivity index (χ0v) is 15.4. The second-order valence-electron chi connectivity index (χ2n) is 6.55. The average Bonchev–Trinajstić information content (AvgIpc) is 3.46. The summed E-state index contributed by atoms with van der Waals surface area (Å²) in [7, 11) is 0. The SMILES string of the molecule is CCOc1ccccc1NC(=O)C1(C(=O)Nc2ccc(C(C)=O)cc2)CC1.